The normalized spacial score (nSPS) is 19.8. The van der Waals surface area contributed by atoms with E-state index in [2.05, 4.69) is 15.3 Å². The summed E-state index contributed by atoms with van der Waals surface area (Å²) >= 11 is 6.13. The summed E-state index contributed by atoms with van der Waals surface area (Å²) in [6.45, 7) is 0.106. The summed E-state index contributed by atoms with van der Waals surface area (Å²) in [6.07, 6.45) is 0. The quantitative estimate of drug-likeness (QED) is 0.734. The minimum atomic E-state index is -0.851. The summed E-state index contributed by atoms with van der Waals surface area (Å²) < 4.78 is 33.9. The third-order valence-corrected chi connectivity index (χ3v) is 4.92. The molecule has 134 valence electrons. The summed E-state index contributed by atoms with van der Waals surface area (Å²) in [6, 6.07) is 7.42. The van der Waals surface area contributed by atoms with Gasteiger partial charge in [0.1, 0.15) is 34.6 Å². The number of carbonyl (C=O) groups is 1. The molecule has 1 fully saturated rings. The Labute approximate surface area is 152 Å². The number of imidazole rings is 1. The number of nitrogens with zero attached hydrogens (tertiary/aromatic N) is 1. The van der Waals surface area contributed by atoms with Gasteiger partial charge >= 0.3 is 0 Å². The van der Waals surface area contributed by atoms with Crippen LogP contribution in [0.4, 0.5) is 8.78 Å². The molecule has 4 rings (SSSR count). The molecule has 1 aliphatic heterocycles. The Morgan fingerprint density at radius 1 is 1.27 bits per heavy atom. The Morgan fingerprint density at radius 3 is 2.65 bits per heavy atom. The third-order valence-electron chi connectivity index (χ3n) is 4.62. The van der Waals surface area contributed by atoms with Crippen molar-refractivity contribution >= 4 is 28.5 Å². The highest BCUT2D eigenvalue weighted by Gasteiger charge is 2.41. The number of halogens is 3. The lowest BCUT2D eigenvalue weighted by Gasteiger charge is -2.17. The van der Waals surface area contributed by atoms with Gasteiger partial charge in [-0.25, -0.2) is 13.8 Å². The Kier molecular flexibility index (Phi) is 4.03. The van der Waals surface area contributed by atoms with Gasteiger partial charge in [-0.2, -0.15) is 0 Å². The number of aromatic nitrogens is 2. The van der Waals surface area contributed by atoms with Crippen LogP contribution in [0.3, 0.4) is 0 Å². The molecule has 2 aromatic carbocycles. The average Bonchev–Trinajstić information content (AvgIpc) is 3.18. The summed E-state index contributed by atoms with van der Waals surface area (Å²) in [5.41, 5.74) is 1.00. The monoisotopic (exact) mass is 377 g/mol. The van der Waals surface area contributed by atoms with Gasteiger partial charge in [0.2, 0.25) is 5.91 Å². The fourth-order valence-corrected chi connectivity index (χ4v) is 3.62. The topological polar surface area (TPSA) is 67.0 Å². The van der Waals surface area contributed by atoms with Gasteiger partial charge in [-0.3, -0.25) is 4.79 Å². The molecule has 0 radical (unpaired) electrons. The molecule has 2 atom stereocenters. The van der Waals surface area contributed by atoms with E-state index in [9.17, 15) is 13.6 Å². The van der Waals surface area contributed by atoms with Gasteiger partial charge in [-0.1, -0.05) is 17.7 Å². The Balaban J connectivity index is 1.82. The molecule has 1 saturated heterocycles. The highest BCUT2D eigenvalue weighted by Crippen LogP contribution is 2.40. The first-order valence-corrected chi connectivity index (χ1v) is 8.32. The summed E-state index contributed by atoms with van der Waals surface area (Å²) in [7, 11) is 1.33. The molecule has 5 nitrogen and oxygen atoms in total. The summed E-state index contributed by atoms with van der Waals surface area (Å²) in [5, 5.41) is 3.09. The Morgan fingerprint density at radius 2 is 2.00 bits per heavy atom. The summed E-state index contributed by atoms with van der Waals surface area (Å²) in [5.74, 6) is -3.07. The lowest BCUT2D eigenvalue weighted by Crippen LogP contribution is -2.19. The molecule has 2 heterocycles. The van der Waals surface area contributed by atoms with Crippen LogP contribution in [0.25, 0.3) is 11.0 Å². The van der Waals surface area contributed by atoms with Crippen molar-refractivity contribution in [1.82, 2.24) is 15.3 Å². The predicted molar refractivity (Wildman–Crippen MR) is 92.5 cm³/mol. The molecule has 26 heavy (non-hydrogen) atoms. The second-order valence-corrected chi connectivity index (χ2v) is 6.50. The van der Waals surface area contributed by atoms with Crippen LogP contribution in [0.2, 0.25) is 5.02 Å². The molecule has 0 spiro atoms. The molecule has 1 aromatic heterocycles. The first-order valence-electron chi connectivity index (χ1n) is 7.94. The van der Waals surface area contributed by atoms with E-state index in [-0.39, 0.29) is 23.8 Å². The van der Waals surface area contributed by atoms with E-state index in [0.29, 0.717) is 21.9 Å². The zero-order valence-corrected chi connectivity index (χ0v) is 14.4. The summed E-state index contributed by atoms with van der Waals surface area (Å²) in [4.78, 5) is 19.8. The maximum Gasteiger partial charge on any atom is 0.231 e. The number of para-hydroxylation sites is 1. The number of carbonyl (C=O) groups excluding carboxylic acids is 1. The molecule has 3 aromatic rings. The number of methoxy groups -OCH3 is 1. The van der Waals surface area contributed by atoms with E-state index in [1.807, 2.05) is 0 Å². The molecular formula is C18H14ClF2N3O2. The SMILES string of the molecule is COc1cc(F)c([C@@H]2CNC(=O)[C@H]2c2nc3c(Cl)cccc3[nH]2)c(F)c1. The van der Waals surface area contributed by atoms with Crippen molar-refractivity contribution in [2.45, 2.75) is 11.8 Å². The first kappa shape index (κ1) is 16.8. The van der Waals surface area contributed by atoms with Crippen molar-refractivity contribution in [3.63, 3.8) is 0 Å². The van der Waals surface area contributed by atoms with E-state index in [0.717, 1.165) is 12.1 Å². The number of ether oxygens (including phenoxy) is 1. The Bertz CT molecular complexity index is 998. The second-order valence-electron chi connectivity index (χ2n) is 6.09. The molecule has 8 heteroatoms. The number of amides is 1. The lowest BCUT2D eigenvalue weighted by molar-refractivity contribution is -0.120. The average molecular weight is 378 g/mol. The van der Waals surface area contributed by atoms with Crippen LogP contribution in [-0.2, 0) is 4.79 Å². The van der Waals surface area contributed by atoms with Crippen LogP contribution in [0.1, 0.15) is 23.2 Å². The van der Waals surface area contributed by atoms with Crippen LogP contribution >= 0.6 is 11.6 Å². The van der Waals surface area contributed by atoms with Crippen LogP contribution < -0.4 is 10.1 Å². The predicted octanol–water partition coefficient (Wildman–Crippen LogP) is 3.50. The smallest absolute Gasteiger partial charge is 0.231 e. The van der Waals surface area contributed by atoms with E-state index in [4.69, 9.17) is 16.3 Å². The number of benzene rings is 2. The van der Waals surface area contributed by atoms with E-state index >= 15 is 0 Å². The molecule has 1 amide bonds. The zero-order valence-electron chi connectivity index (χ0n) is 13.6. The molecular weight excluding hydrogens is 364 g/mol. The van der Waals surface area contributed by atoms with E-state index in [1.165, 1.54) is 7.11 Å². The van der Waals surface area contributed by atoms with Crippen molar-refractivity contribution in [3.8, 4) is 5.75 Å². The van der Waals surface area contributed by atoms with Crippen molar-refractivity contribution in [2.75, 3.05) is 13.7 Å². The highest BCUT2D eigenvalue weighted by atomic mass is 35.5. The highest BCUT2D eigenvalue weighted by molar-refractivity contribution is 6.34. The van der Waals surface area contributed by atoms with Gasteiger partial charge in [-0.05, 0) is 12.1 Å². The fourth-order valence-electron chi connectivity index (χ4n) is 3.40. The maximum atomic E-state index is 14.5. The zero-order chi connectivity index (χ0) is 18.4. The number of nitrogens with one attached hydrogen (secondary N) is 2. The second kappa shape index (κ2) is 6.25. The number of aromatic amines is 1. The molecule has 1 aliphatic rings. The van der Waals surface area contributed by atoms with Crippen molar-refractivity contribution in [3.05, 3.63) is 58.4 Å². The number of hydrogen-bond donors (Lipinski definition) is 2. The number of hydrogen-bond acceptors (Lipinski definition) is 3. The van der Waals surface area contributed by atoms with Gasteiger partial charge < -0.3 is 15.0 Å². The number of H-pyrrole nitrogens is 1. The van der Waals surface area contributed by atoms with Gasteiger partial charge in [0.15, 0.2) is 0 Å². The van der Waals surface area contributed by atoms with Crippen molar-refractivity contribution in [2.24, 2.45) is 0 Å². The molecule has 2 N–H and O–H groups in total. The standard InChI is InChI=1S/C18H14ClF2N3O2/c1-26-8-5-11(20)14(12(21)6-8)9-7-22-18(25)15(9)17-23-13-4-2-3-10(19)16(13)24-17/h2-6,9,15H,7H2,1H3,(H,22,25)(H,23,24)/t9-,15+/m0/s1. The first-order chi connectivity index (χ1) is 12.5. The molecule has 0 unspecified atom stereocenters. The number of rotatable bonds is 3. The molecule has 0 bridgehead atoms. The van der Waals surface area contributed by atoms with Gasteiger partial charge in [-0.15, -0.1) is 0 Å². The molecule has 0 saturated carbocycles. The Hall–Kier alpha value is -2.67. The lowest BCUT2D eigenvalue weighted by atomic mass is 9.87. The van der Waals surface area contributed by atoms with Crippen molar-refractivity contribution < 1.29 is 18.3 Å². The van der Waals surface area contributed by atoms with Crippen LogP contribution in [0.5, 0.6) is 5.75 Å². The maximum absolute atomic E-state index is 14.5. The van der Waals surface area contributed by atoms with Gasteiger partial charge in [0.05, 0.1) is 17.6 Å². The number of fused-ring (bicyclic) bond motifs is 1. The van der Waals surface area contributed by atoms with Crippen LogP contribution in [0, 0.1) is 11.6 Å². The minimum absolute atomic E-state index is 0.0769. The third kappa shape index (κ3) is 2.59. The minimum Gasteiger partial charge on any atom is -0.497 e. The van der Waals surface area contributed by atoms with Gasteiger partial charge in [0, 0.05) is 30.2 Å². The largest absolute Gasteiger partial charge is 0.497 e. The fraction of sp³-hybridized carbons (Fsp3) is 0.222. The van der Waals surface area contributed by atoms with E-state index in [1.54, 1.807) is 18.2 Å². The van der Waals surface area contributed by atoms with Crippen LogP contribution in [0.15, 0.2) is 30.3 Å². The van der Waals surface area contributed by atoms with E-state index < -0.39 is 23.5 Å². The van der Waals surface area contributed by atoms with Crippen molar-refractivity contribution in [1.29, 1.82) is 0 Å². The van der Waals surface area contributed by atoms with Crippen LogP contribution in [-0.4, -0.2) is 29.5 Å². The van der Waals surface area contributed by atoms with Gasteiger partial charge in [0.25, 0.3) is 0 Å². The molecule has 0 aliphatic carbocycles.